The zero-order valence-electron chi connectivity index (χ0n) is 71.8. The molecule has 0 bridgehead atoms. The van der Waals surface area contributed by atoms with Crippen LogP contribution in [0, 0.1) is 0 Å². The number of ether oxygens (including phenoxy) is 12. The molecule has 2 aliphatic heterocycles. The predicted molar refractivity (Wildman–Crippen MR) is 457 cm³/mol. The van der Waals surface area contributed by atoms with Crippen LogP contribution in [0.15, 0.2) is 82.3 Å². The van der Waals surface area contributed by atoms with Crippen molar-refractivity contribution >= 4 is 87.1 Å². The molecule has 2 aromatic rings. The molecule has 0 saturated heterocycles. The Morgan fingerprint density at radius 1 is 0.459 bits per heavy atom. The van der Waals surface area contributed by atoms with E-state index in [2.05, 4.69) is 28.2 Å². The fraction of sp³-hybridized carbons (Fsp3) is 0.707. The van der Waals surface area contributed by atoms with Crippen LogP contribution >= 0.6 is 0 Å². The van der Waals surface area contributed by atoms with Gasteiger partial charge < -0.3 is 88.7 Å². The first-order chi connectivity index (χ1) is 58.2. The Labute approximate surface area is 721 Å². The van der Waals surface area contributed by atoms with E-state index in [4.69, 9.17) is 62.6 Å². The number of unbranched alkanes of at least 4 members (excludes halogenated alkanes) is 6. The van der Waals surface area contributed by atoms with Gasteiger partial charge in [-0.05, 0) is 153 Å². The molecule has 2 unspecified atom stereocenters. The molecule has 0 aliphatic carbocycles. The van der Waals surface area contributed by atoms with Crippen LogP contribution in [0.25, 0.3) is 0 Å². The van der Waals surface area contributed by atoms with Crippen molar-refractivity contribution in [2.45, 2.75) is 189 Å². The number of nitrogens with zero attached hydrogens (tertiary/aromatic N) is 2. The highest BCUT2D eigenvalue weighted by atomic mass is 32.2. The maximum atomic E-state index is 13.9. The molecule has 2 aliphatic rings. The second-order valence-corrected chi connectivity index (χ2v) is 35.9. The lowest BCUT2D eigenvalue weighted by atomic mass is 9.77. The summed E-state index contributed by atoms with van der Waals surface area (Å²) in [5.41, 5.74) is 7.69. The Bertz CT molecular complexity index is 4040. The Balaban J connectivity index is 1.30. The minimum Gasteiger partial charge on any atom is -0.379 e. The average Bonchev–Trinajstić information content (AvgIpc) is 1.74. The Morgan fingerprint density at radius 3 is 1.34 bits per heavy atom. The van der Waals surface area contributed by atoms with Crippen LogP contribution in [-0.4, -0.2) is 300 Å². The van der Waals surface area contributed by atoms with Crippen molar-refractivity contribution in [3.8, 4) is 0 Å². The number of anilines is 1. The van der Waals surface area contributed by atoms with Gasteiger partial charge in [-0.25, -0.2) is 0 Å². The summed E-state index contributed by atoms with van der Waals surface area (Å²) in [6.07, 6.45) is 15.6. The van der Waals surface area contributed by atoms with Gasteiger partial charge in [0.15, 0.2) is 5.71 Å². The molecule has 2 aromatic carbocycles. The number of amides is 5. The van der Waals surface area contributed by atoms with Crippen LogP contribution < -0.4 is 31.9 Å². The van der Waals surface area contributed by atoms with E-state index in [0.29, 0.717) is 199 Å². The van der Waals surface area contributed by atoms with Crippen molar-refractivity contribution in [2.24, 2.45) is 5.73 Å². The molecule has 0 spiro atoms. The third-order valence-corrected chi connectivity index (χ3v) is 23.0. The summed E-state index contributed by atoms with van der Waals surface area (Å²) >= 11 is 0. The Kier molecular flexibility index (Phi) is 53.4. The first kappa shape index (κ1) is 108. The maximum absolute atomic E-state index is 13.9. The molecule has 5 amide bonds. The quantitative estimate of drug-likeness (QED) is 0.0149. The summed E-state index contributed by atoms with van der Waals surface area (Å²) < 4.78 is 204. The first-order valence-corrected chi connectivity index (χ1v) is 48.3. The molecule has 0 fully saturated rings. The summed E-state index contributed by atoms with van der Waals surface area (Å²) in [4.78, 5) is 67.1. The van der Waals surface area contributed by atoms with E-state index in [1.54, 1.807) is 30.4 Å². The fourth-order valence-electron chi connectivity index (χ4n) is 13.4. The summed E-state index contributed by atoms with van der Waals surface area (Å²) in [5.74, 6) is -3.38. The summed E-state index contributed by atoms with van der Waals surface area (Å²) in [7, 11) is -17.9. The molecule has 10 N–H and O–H groups in total. The van der Waals surface area contributed by atoms with Crippen molar-refractivity contribution in [2.75, 3.05) is 201 Å². The van der Waals surface area contributed by atoms with Crippen LogP contribution in [0.3, 0.4) is 0 Å². The lowest BCUT2D eigenvalue weighted by Gasteiger charge is -2.30. The summed E-state index contributed by atoms with van der Waals surface area (Å²) in [6, 6.07) is 6.29. The molecule has 3 atom stereocenters. The van der Waals surface area contributed by atoms with Crippen molar-refractivity contribution < 1.29 is 137 Å². The maximum Gasteiger partial charge on any atom is 0.294 e. The van der Waals surface area contributed by atoms with Crippen LogP contribution in [-0.2, 0) is 132 Å². The van der Waals surface area contributed by atoms with E-state index in [9.17, 15) is 75.9 Å². The molecule has 2 heterocycles. The molecule has 696 valence electrons. The van der Waals surface area contributed by atoms with Gasteiger partial charge in [-0.2, -0.15) is 38.2 Å². The van der Waals surface area contributed by atoms with Gasteiger partial charge >= 0.3 is 0 Å². The van der Waals surface area contributed by atoms with E-state index >= 15 is 0 Å². The highest BCUT2D eigenvalue weighted by Gasteiger charge is 2.46. The number of carbonyl (C=O) groups is 5. The van der Waals surface area contributed by atoms with Crippen LogP contribution in [0.1, 0.15) is 168 Å². The summed E-state index contributed by atoms with van der Waals surface area (Å²) in [5, 5.41) is 11.2. The number of fused-ring (bicyclic) bond motifs is 2. The molecular formula is C82H136N7O29S4+. The third kappa shape index (κ3) is 45.2. The number of hydrogen-bond donors (Lipinski definition) is 9. The van der Waals surface area contributed by atoms with Gasteiger partial charge in [0.25, 0.3) is 40.5 Å². The van der Waals surface area contributed by atoms with Gasteiger partial charge in [0, 0.05) is 93.0 Å². The number of hydrogen-bond acceptors (Lipinski definition) is 26. The zero-order chi connectivity index (χ0) is 89.6. The summed E-state index contributed by atoms with van der Waals surface area (Å²) in [6.45, 7) is 20.7. The van der Waals surface area contributed by atoms with Crippen molar-refractivity contribution in [3.63, 3.8) is 0 Å². The van der Waals surface area contributed by atoms with E-state index in [0.717, 1.165) is 25.2 Å². The molecule has 36 nitrogen and oxygen atoms in total. The molecule has 122 heavy (non-hydrogen) atoms. The number of primary amides is 1. The molecule has 0 aromatic heterocycles. The van der Waals surface area contributed by atoms with Crippen LogP contribution in [0.5, 0.6) is 0 Å². The number of nitrogens with two attached hydrogens (primary N) is 1. The standard InChI is InChI=1S/C82H135N7O29S4/c1-6-38-107-42-46-111-50-54-115-58-60-117-56-52-113-48-44-109-40-31-77(91)85-35-17-14-23-71(86-78(92)32-41-110-45-49-114-53-57-118-61-59-116-55-51-112-47-43-108-39-7-2)80(94)87-70(79(83)93)22-13-16-34-84-76(90)26-12-9-18-36-88-72-29-27-66(121(101,102)103)64-68(72)81(3,4)74(88)24-10-8-11-25-75-82(5,33-15-20-62-119(95,96)97)69-65-67(122(104,105)106)28-30-73(69)89(75)37-19-21-63-120(98,99)100/h8,10-11,24-25,27-30,64-65,70-71H,6-7,9,12-23,26,31-63H2,1-5H3,(H9-,83,84,85,86,87,90,91,92,93,94,95,96,97,98,99,100,101,102,103,104,105,106)/p+1/t70?,71-,82?/m1/s1. The first-order valence-electron chi connectivity index (χ1n) is 42.2. The van der Waals surface area contributed by atoms with E-state index in [1.165, 1.54) is 30.3 Å². The second kappa shape index (κ2) is 60.3. The number of allylic oxidation sites excluding steroid dienone is 6. The van der Waals surface area contributed by atoms with E-state index < -0.39 is 92.6 Å². The Hall–Kier alpha value is -6.36. The normalized spacial score (nSPS) is 15.7. The van der Waals surface area contributed by atoms with Crippen molar-refractivity contribution in [3.05, 3.63) is 83.6 Å². The van der Waals surface area contributed by atoms with Gasteiger partial charge in [0.05, 0.1) is 172 Å². The lowest BCUT2D eigenvalue weighted by molar-refractivity contribution is -0.438. The van der Waals surface area contributed by atoms with Gasteiger partial charge in [0.1, 0.15) is 18.6 Å². The van der Waals surface area contributed by atoms with Gasteiger partial charge in [0.2, 0.25) is 35.2 Å². The van der Waals surface area contributed by atoms with Gasteiger partial charge in [-0.3, -0.25) is 42.2 Å². The van der Waals surface area contributed by atoms with Crippen LogP contribution in [0.2, 0.25) is 0 Å². The largest absolute Gasteiger partial charge is 0.379 e. The smallest absolute Gasteiger partial charge is 0.294 e. The van der Waals surface area contributed by atoms with Crippen LogP contribution in [0.4, 0.5) is 11.4 Å². The average molecular weight is 1810 g/mol. The monoisotopic (exact) mass is 1810 g/mol. The molecular weight excluding hydrogens is 1680 g/mol. The molecule has 0 saturated carbocycles. The number of nitrogens with one attached hydrogen (secondary N) is 4. The van der Waals surface area contributed by atoms with Gasteiger partial charge in [-0.1, -0.05) is 38.5 Å². The van der Waals surface area contributed by atoms with E-state index in [-0.39, 0.29) is 138 Å². The fourth-order valence-corrected chi connectivity index (χ4v) is 15.5. The topological polar surface area (TPSA) is 494 Å². The second-order valence-electron chi connectivity index (χ2n) is 29.9. The minimum absolute atomic E-state index is 0.0304. The third-order valence-electron chi connectivity index (χ3n) is 19.7. The molecule has 0 radical (unpaired) electrons. The minimum atomic E-state index is -4.69. The Morgan fingerprint density at radius 2 is 0.885 bits per heavy atom. The van der Waals surface area contributed by atoms with Gasteiger partial charge in [-0.15, -0.1) is 0 Å². The van der Waals surface area contributed by atoms with E-state index in [1.807, 2.05) is 43.2 Å². The lowest BCUT2D eigenvalue weighted by Crippen LogP contribution is -2.53. The highest BCUT2D eigenvalue weighted by Crippen LogP contribution is 2.52. The number of rotatable bonds is 75. The van der Waals surface area contributed by atoms with Crippen molar-refractivity contribution in [1.82, 2.24) is 21.3 Å². The zero-order valence-corrected chi connectivity index (χ0v) is 75.0. The highest BCUT2D eigenvalue weighted by molar-refractivity contribution is 7.86. The predicted octanol–water partition coefficient (Wildman–Crippen LogP) is 6.44. The SMILES string of the molecule is CCCOCCOCCOCCOCCOCCOCCC(=O)NCCCC[C@@H](NC(=O)CCOCCOCCOCCOCCOCCOCCC)C(=O)NC(CCCCNC(=O)CCCCC[N+]1=C(C=CC=CC=C2N(CCCCS(=O)(=O)O)c3ccc(S(=O)(=O)O)cc3C2(C)CCCCS(=O)(=O)O)C(C)(C)c2cc(S(=O)(=O)O)ccc21)C(N)=O. The number of benzene rings is 2. The van der Waals surface area contributed by atoms with Crippen molar-refractivity contribution in [1.29, 1.82) is 0 Å². The molecule has 4 rings (SSSR count). The number of carbonyl (C=O) groups excluding carboxylic acids is 5. The molecule has 40 heteroatoms.